The molecule has 31 heavy (non-hydrogen) atoms. The van der Waals surface area contributed by atoms with E-state index in [1.165, 1.54) is 6.07 Å². The summed E-state index contributed by atoms with van der Waals surface area (Å²) in [5.74, 6) is -1.03. The lowest BCUT2D eigenvalue weighted by Crippen LogP contribution is -2.19. The molecule has 6 nitrogen and oxygen atoms in total. The molecule has 0 atom stereocenters. The van der Waals surface area contributed by atoms with Crippen molar-refractivity contribution in [2.75, 3.05) is 10.0 Å². The van der Waals surface area contributed by atoms with Gasteiger partial charge in [-0.1, -0.05) is 41.9 Å². The predicted octanol–water partition coefficient (Wildman–Crippen LogP) is 5.02. The van der Waals surface area contributed by atoms with Gasteiger partial charge in [0.05, 0.1) is 21.3 Å². The number of halogens is 2. The van der Waals surface area contributed by atoms with E-state index in [-0.39, 0.29) is 22.0 Å². The number of carbonyl (C=O) groups excluding carboxylic acids is 1. The fraction of sp³-hybridized carbons (Fsp3) is 0.0455. The first-order chi connectivity index (χ1) is 14.8. The topological polar surface area (TPSA) is 80.2 Å². The van der Waals surface area contributed by atoms with Gasteiger partial charge in [0.2, 0.25) is 0 Å². The largest absolute Gasteiger partial charge is 0.338 e. The normalized spacial score (nSPS) is 11.5. The Morgan fingerprint density at radius 2 is 1.55 bits per heavy atom. The molecule has 1 aromatic heterocycles. The predicted molar refractivity (Wildman–Crippen MR) is 120 cm³/mol. The average Bonchev–Trinajstić information content (AvgIpc) is 3.00. The number of aryl methyl sites for hydroxylation is 1. The van der Waals surface area contributed by atoms with Crippen LogP contribution in [0.5, 0.6) is 0 Å². The Kier molecular flexibility index (Phi) is 5.43. The summed E-state index contributed by atoms with van der Waals surface area (Å²) in [6.45, 7) is 0. The smallest absolute Gasteiger partial charge is 0.273 e. The van der Waals surface area contributed by atoms with E-state index in [9.17, 15) is 17.6 Å². The molecule has 9 heteroatoms. The van der Waals surface area contributed by atoms with Gasteiger partial charge in [-0.2, -0.15) is 0 Å². The minimum Gasteiger partial charge on any atom is -0.338 e. The van der Waals surface area contributed by atoms with E-state index in [0.717, 1.165) is 35.2 Å². The van der Waals surface area contributed by atoms with Gasteiger partial charge in [0, 0.05) is 18.0 Å². The van der Waals surface area contributed by atoms with E-state index in [1.54, 1.807) is 29.8 Å². The molecule has 0 aliphatic heterocycles. The summed E-state index contributed by atoms with van der Waals surface area (Å²) in [5, 5.41) is 3.77. The molecule has 158 valence electrons. The number of sulfonamides is 1. The summed E-state index contributed by atoms with van der Waals surface area (Å²) in [6.07, 6.45) is 0. The average molecular weight is 458 g/mol. The van der Waals surface area contributed by atoms with E-state index in [2.05, 4.69) is 10.0 Å². The summed E-state index contributed by atoms with van der Waals surface area (Å²) in [7, 11) is -2.26. The Labute approximate surface area is 183 Å². The van der Waals surface area contributed by atoms with Gasteiger partial charge in [-0.05, 0) is 42.5 Å². The van der Waals surface area contributed by atoms with Gasteiger partial charge in [0.25, 0.3) is 15.9 Å². The summed E-state index contributed by atoms with van der Waals surface area (Å²) < 4.78 is 42.6. The number of nitrogens with one attached hydrogen (secondary N) is 2. The second kappa shape index (κ2) is 8.05. The second-order valence-corrected chi connectivity index (χ2v) is 8.86. The van der Waals surface area contributed by atoms with Crippen LogP contribution in [0.25, 0.3) is 10.9 Å². The summed E-state index contributed by atoms with van der Waals surface area (Å²) in [5.41, 5.74) is 1.46. The Hall–Kier alpha value is -3.36. The zero-order valence-electron chi connectivity index (χ0n) is 16.3. The zero-order valence-corrected chi connectivity index (χ0v) is 17.8. The van der Waals surface area contributed by atoms with Crippen molar-refractivity contribution in [2.24, 2.45) is 7.05 Å². The number of fused-ring (bicyclic) bond motifs is 1. The van der Waals surface area contributed by atoms with Gasteiger partial charge in [-0.3, -0.25) is 9.52 Å². The van der Waals surface area contributed by atoms with Crippen LogP contribution in [0.2, 0.25) is 5.02 Å². The standard InChI is InChI=1S/C22H17ClFN3O3S/c1-27-19-9-5-2-6-16(19)20(23)21(27)22(28)25-17-7-3-4-8-18(17)26-31(29,30)15-12-10-14(24)11-13-15/h2-13,26H,1H3,(H,25,28). The molecular weight excluding hydrogens is 441 g/mol. The van der Waals surface area contributed by atoms with E-state index < -0.39 is 21.7 Å². The van der Waals surface area contributed by atoms with Crippen LogP contribution >= 0.6 is 11.6 Å². The van der Waals surface area contributed by atoms with Crippen molar-refractivity contribution in [3.05, 3.63) is 89.3 Å². The van der Waals surface area contributed by atoms with E-state index >= 15 is 0 Å². The molecule has 3 aromatic carbocycles. The lowest BCUT2D eigenvalue weighted by molar-refractivity contribution is 0.102. The van der Waals surface area contributed by atoms with Gasteiger partial charge < -0.3 is 9.88 Å². The van der Waals surface area contributed by atoms with Crippen molar-refractivity contribution >= 4 is 49.8 Å². The number of hydrogen-bond acceptors (Lipinski definition) is 3. The molecule has 2 N–H and O–H groups in total. The number of rotatable bonds is 5. The molecule has 0 aliphatic carbocycles. The van der Waals surface area contributed by atoms with Crippen molar-refractivity contribution in [1.82, 2.24) is 4.57 Å². The van der Waals surface area contributed by atoms with Crippen LogP contribution in [0.4, 0.5) is 15.8 Å². The number of amides is 1. The first kappa shape index (κ1) is 20.9. The highest BCUT2D eigenvalue weighted by Crippen LogP contribution is 2.31. The highest BCUT2D eigenvalue weighted by atomic mass is 35.5. The third-order valence-corrected chi connectivity index (χ3v) is 6.57. The molecule has 0 fully saturated rings. The van der Waals surface area contributed by atoms with Gasteiger partial charge in [0.1, 0.15) is 11.5 Å². The molecule has 0 saturated carbocycles. The maximum Gasteiger partial charge on any atom is 0.273 e. The number of aromatic nitrogens is 1. The number of carbonyl (C=O) groups is 1. The molecule has 0 unspecified atom stereocenters. The monoisotopic (exact) mass is 457 g/mol. The maximum atomic E-state index is 13.1. The van der Waals surface area contributed by atoms with Gasteiger partial charge in [0.15, 0.2) is 0 Å². The van der Waals surface area contributed by atoms with Crippen molar-refractivity contribution in [3.8, 4) is 0 Å². The third kappa shape index (κ3) is 3.99. The molecule has 4 rings (SSSR count). The number of anilines is 2. The van der Waals surface area contributed by atoms with Gasteiger partial charge >= 0.3 is 0 Å². The second-order valence-electron chi connectivity index (χ2n) is 6.80. The molecule has 0 radical (unpaired) electrons. The Bertz CT molecular complexity index is 1360. The molecule has 1 amide bonds. The van der Waals surface area contributed by atoms with Crippen LogP contribution in [0.15, 0.2) is 77.7 Å². The number of benzene rings is 3. The van der Waals surface area contributed by atoms with Crippen LogP contribution in [0, 0.1) is 5.82 Å². The Balaban J connectivity index is 1.66. The molecule has 4 aromatic rings. The van der Waals surface area contributed by atoms with Crippen LogP contribution in [0.3, 0.4) is 0 Å². The van der Waals surface area contributed by atoms with Crippen molar-refractivity contribution in [1.29, 1.82) is 0 Å². The SMILES string of the molecule is Cn1c(C(=O)Nc2ccccc2NS(=O)(=O)c2ccc(F)cc2)c(Cl)c2ccccc21. The van der Waals surface area contributed by atoms with Crippen LogP contribution in [-0.2, 0) is 17.1 Å². The minimum absolute atomic E-state index is 0.105. The summed E-state index contributed by atoms with van der Waals surface area (Å²) in [6, 6.07) is 18.2. The van der Waals surface area contributed by atoms with Gasteiger partial charge in [-0.15, -0.1) is 0 Å². The highest BCUT2D eigenvalue weighted by molar-refractivity contribution is 7.92. The molecular formula is C22H17ClFN3O3S. The lowest BCUT2D eigenvalue weighted by Gasteiger charge is -2.14. The zero-order chi connectivity index (χ0) is 22.2. The highest BCUT2D eigenvalue weighted by Gasteiger charge is 2.22. The lowest BCUT2D eigenvalue weighted by atomic mass is 10.2. The molecule has 0 spiro atoms. The number of nitrogens with zero attached hydrogens (tertiary/aromatic N) is 1. The fourth-order valence-electron chi connectivity index (χ4n) is 3.28. The van der Waals surface area contributed by atoms with E-state index in [1.807, 2.05) is 24.3 Å². The van der Waals surface area contributed by atoms with Crippen LogP contribution < -0.4 is 10.0 Å². The van der Waals surface area contributed by atoms with Crippen molar-refractivity contribution in [3.63, 3.8) is 0 Å². The maximum absolute atomic E-state index is 13.1. The van der Waals surface area contributed by atoms with E-state index in [0.29, 0.717) is 5.02 Å². The molecule has 0 saturated heterocycles. The minimum atomic E-state index is -3.99. The molecule has 0 aliphatic rings. The first-order valence-corrected chi connectivity index (χ1v) is 11.1. The number of hydrogen-bond donors (Lipinski definition) is 2. The van der Waals surface area contributed by atoms with Crippen LogP contribution in [-0.4, -0.2) is 18.9 Å². The quantitative estimate of drug-likeness (QED) is 0.441. The molecule has 1 heterocycles. The van der Waals surface area contributed by atoms with Crippen LogP contribution in [0.1, 0.15) is 10.5 Å². The Morgan fingerprint density at radius 1 is 0.935 bits per heavy atom. The number of para-hydroxylation sites is 3. The third-order valence-electron chi connectivity index (χ3n) is 4.80. The van der Waals surface area contributed by atoms with Crippen molar-refractivity contribution in [2.45, 2.75) is 4.90 Å². The molecule has 0 bridgehead atoms. The van der Waals surface area contributed by atoms with Gasteiger partial charge in [-0.25, -0.2) is 12.8 Å². The summed E-state index contributed by atoms with van der Waals surface area (Å²) >= 11 is 6.44. The van der Waals surface area contributed by atoms with E-state index in [4.69, 9.17) is 11.6 Å². The summed E-state index contributed by atoms with van der Waals surface area (Å²) in [4.78, 5) is 12.9. The Morgan fingerprint density at radius 3 is 2.23 bits per heavy atom. The first-order valence-electron chi connectivity index (χ1n) is 9.19. The fourth-order valence-corrected chi connectivity index (χ4v) is 4.73. The van der Waals surface area contributed by atoms with Crippen molar-refractivity contribution < 1.29 is 17.6 Å².